The average Bonchev–Trinajstić information content (AvgIpc) is 2.78. The van der Waals surface area contributed by atoms with Gasteiger partial charge in [-0.25, -0.2) is 0 Å². The molecule has 88 valence electrons. The minimum atomic E-state index is 0.457. The number of benzene rings is 1. The van der Waals surface area contributed by atoms with E-state index in [0.29, 0.717) is 6.04 Å². The van der Waals surface area contributed by atoms with Crippen molar-refractivity contribution in [3.63, 3.8) is 0 Å². The minimum Gasteiger partial charge on any atom is -0.310 e. The van der Waals surface area contributed by atoms with Crippen molar-refractivity contribution in [3.05, 3.63) is 34.3 Å². The summed E-state index contributed by atoms with van der Waals surface area (Å²) >= 11 is 3.52. The molecule has 0 aromatic heterocycles. The Labute approximate surface area is 107 Å². The Kier molecular flexibility index (Phi) is 4.42. The van der Waals surface area contributed by atoms with E-state index in [-0.39, 0.29) is 0 Å². The molecule has 1 N–H and O–H groups in total. The van der Waals surface area contributed by atoms with E-state index in [9.17, 15) is 0 Å². The number of halogens is 1. The van der Waals surface area contributed by atoms with Gasteiger partial charge in [0.2, 0.25) is 0 Å². The smallest absolute Gasteiger partial charge is 0.0292 e. The molecule has 1 nitrogen and oxygen atoms in total. The first-order valence-electron chi connectivity index (χ1n) is 6.24. The maximum atomic E-state index is 3.65. The van der Waals surface area contributed by atoms with Gasteiger partial charge in [0.25, 0.3) is 0 Å². The van der Waals surface area contributed by atoms with Gasteiger partial charge in [-0.2, -0.15) is 0 Å². The van der Waals surface area contributed by atoms with E-state index >= 15 is 0 Å². The Morgan fingerprint density at radius 2 is 2.12 bits per heavy atom. The molecule has 0 radical (unpaired) electrons. The fourth-order valence-electron chi connectivity index (χ4n) is 2.45. The topological polar surface area (TPSA) is 12.0 Å². The molecule has 0 saturated heterocycles. The van der Waals surface area contributed by atoms with Gasteiger partial charge in [-0.1, -0.05) is 40.9 Å². The van der Waals surface area contributed by atoms with Crippen molar-refractivity contribution in [3.8, 4) is 0 Å². The summed E-state index contributed by atoms with van der Waals surface area (Å²) in [6, 6.07) is 9.03. The van der Waals surface area contributed by atoms with Crippen LogP contribution < -0.4 is 5.32 Å². The van der Waals surface area contributed by atoms with Crippen LogP contribution in [0.3, 0.4) is 0 Å². The van der Waals surface area contributed by atoms with E-state index in [1.807, 2.05) is 0 Å². The van der Waals surface area contributed by atoms with Crippen LogP contribution in [0, 0.1) is 5.92 Å². The van der Waals surface area contributed by atoms with Gasteiger partial charge in [-0.05, 0) is 49.9 Å². The monoisotopic (exact) mass is 281 g/mol. The first-order valence-corrected chi connectivity index (χ1v) is 7.04. The molecule has 1 aromatic carbocycles. The third-order valence-corrected chi connectivity index (χ3v) is 4.03. The quantitative estimate of drug-likeness (QED) is 0.868. The first kappa shape index (κ1) is 12.1. The lowest BCUT2D eigenvalue weighted by atomic mass is 10.1. The fourth-order valence-corrected chi connectivity index (χ4v) is 2.87. The molecular formula is C14H20BrN. The lowest BCUT2D eigenvalue weighted by Gasteiger charge is -2.17. The molecule has 0 amide bonds. The maximum absolute atomic E-state index is 3.65. The van der Waals surface area contributed by atoms with Crippen LogP contribution in [0.1, 0.15) is 44.2 Å². The summed E-state index contributed by atoms with van der Waals surface area (Å²) in [4.78, 5) is 0. The summed E-state index contributed by atoms with van der Waals surface area (Å²) < 4.78 is 1.17. The molecule has 1 aromatic rings. The van der Waals surface area contributed by atoms with Gasteiger partial charge in [0.05, 0.1) is 0 Å². The van der Waals surface area contributed by atoms with Gasteiger partial charge in [0.15, 0.2) is 0 Å². The number of hydrogen-bond donors (Lipinski definition) is 1. The largest absolute Gasteiger partial charge is 0.310 e. The minimum absolute atomic E-state index is 0.457. The summed E-state index contributed by atoms with van der Waals surface area (Å²) in [5.41, 5.74) is 1.37. The van der Waals surface area contributed by atoms with Crippen LogP contribution in [0.5, 0.6) is 0 Å². The second kappa shape index (κ2) is 5.83. The lowest BCUT2D eigenvalue weighted by molar-refractivity contribution is 0.452. The molecule has 1 aliphatic carbocycles. The summed E-state index contributed by atoms with van der Waals surface area (Å²) in [5.74, 6) is 0.912. The van der Waals surface area contributed by atoms with Crippen molar-refractivity contribution in [2.75, 3.05) is 6.54 Å². The Bertz CT molecular complexity index is 331. The zero-order valence-electron chi connectivity index (χ0n) is 9.88. The molecule has 1 saturated carbocycles. The third-order valence-electron chi connectivity index (χ3n) is 3.54. The molecule has 1 fully saturated rings. The maximum Gasteiger partial charge on any atom is 0.0292 e. The van der Waals surface area contributed by atoms with Gasteiger partial charge < -0.3 is 5.32 Å². The van der Waals surface area contributed by atoms with Gasteiger partial charge in [-0.15, -0.1) is 0 Å². The zero-order chi connectivity index (χ0) is 11.4. The van der Waals surface area contributed by atoms with E-state index in [4.69, 9.17) is 0 Å². The van der Waals surface area contributed by atoms with E-state index in [1.54, 1.807) is 0 Å². The Morgan fingerprint density at radius 1 is 1.38 bits per heavy atom. The van der Waals surface area contributed by atoms with Crippen molar-refractivity contribution in [2.45, 2.75) is 38.6 Å². The van der Waals surface area contributed by atoms with Crippen molar-refractivity contribution in [1.82, 2.24) is 5.32 Å². The van der Waals surface area contributed by atoms with Gasteiger partial charge in [-0.3, -0.25) is 0 Å². The van der Waals surface area contributed by atoms with Crippen molar-refractivity contribution in [1.29, 1.82) is 0 Å². The third kappa shape index (κ3) is 3.33. The van der Waals surface area contributed by atoms with E-state index in [1.165, 1.54) is 42.3 Å². The van der Waals surface area contributed by atoms with Crippen LogP contribution in [-0.2, 0) is 0 Å². The summed E-state index contributed by atoms with van der Waals surface area (Å²) in [5, 5.41) is 3.65. The van der Waals surface area contributed by atoms with E-state index in [0.717, 1.165) is 5.92 Å². The number of hydrogen-bond acceptors (Lipinski definition) is 1. The highest BCUT2D eigenvalue weighted by Crippen LogP contribution is 2.25. The summed E-state index contributed by atoms with van der Waals surface area (Å²) in [7, 11) is 0. The highest BCUT2D eigenvalue weighted by molar-refractivity contribution is 9.10. The van der Waals surface area contributed by atoms with Crippen molar-refractivity contribution in [2.24, 2.45) is 5.92 Å². The number of nitrogens with one attached hydrogen (secondary N) is 1. The zero-order valence-corrected chi connectivity index (χ0v) is 11.5. The molecule has 2 rings (SSSR count). The van der Waals surface area contributed by atoms with E-state index < -0.39 is 0 Å². The Balaban J connectivity index is 1.85. The molecule has 0 bridgehead atoms. The van der Waals surface area contributed by atoms with Crippen LogP contribution in [0.15, 0.2) is 28.7 Å². The second-order valence-electron chi connectivity index (χ2n) is 4.84. The van der Waals surface area contributed by atoms with Gasteiger partial charge in [0.1, 0.15) is 0 Å². The predicted octanol–water partition coefficient (Wildman–Crippen LogP) is 4.29. The Morgan fingerprint density at radius 3 is 2.81 bits per heavy atom. The summed E-state index contributed by atoms with van der Waals surface area (Å²) in [6.45, 7) is 3.42. The average molecular weight is 282 g/mol. The molecule has 16 heavy (non-hydrogen) atoms. The van der Waals surface area contributed by atoms with Crippen LogP contribution >= 0.6 is 15.9 Å². The molecule has 1 atom stereocenters. The van der Waals surface area contributed by atoms with Gasteiger partial charge >= 0.3 is 0 Å². The van der Waals surface area contributed by atoms with Crippen LogP contribution in [-0.4, -0.2) is 6.54 Å². The second-order valence-corrected chi connectivity index (χ2v) is 5.75. The van der Waals surface area contributed by atoms with Crippen LogP contribution in [0.4, 0.5) is 0 Å². The Hall–Kier alpha value is -0.340. The van der Waals surface area contributed by atoms with Crippen LogP contribution in [0.25, 0.3) is 0 Å². The standard InChI is InChI=1S/C14H20BrN/c1-11(13-7-4-8-14(15)9-13)16-10-12-5-2-3-6-12/h4,7-9,11-12,16H,2-3,5-6,10H2,1H3/t11-/m1/s1. The van der Waals surface area contributed by atoms with Crippen LogP contribution in [0.2, 0.25) is 0 Å². The van der Waals surface area contributed by atoms with E-state index in [2.05, 4.69) is 52.4 Å². The molecular weight excluding hydrogens is 262 g/mol. The highest BCUT2D eigenvalue weighted by Gasteiger charge is 2.15. The predicted molar refractivity (Wildman–Crippen MR) is 72.5 cm³/mol. The highest BCUT2D eigenvalue weighted by atomic mass is 79.9. The molecule has 0 heterocycles. The molecule has 1 aliphatic rings. The fraction of sp³-hybridized carbons (Fsp3) is 0.571. The molecule has 0 unspecified atom stereocenters. The molecule has 2 heteroatoms. The molecule has 0 aliphatic heterocycles. The normalized spacial score (nSPS) is 18.9. The van der Waals surface area contributed by atoms with Gasteiger partial charge in [0, 0.05) is 10.5 Å². The molecule has 0 spiro atoms. The van der Waals surface area contributed by atoms with Crippen molar-refractivity contribution >= 4 is 15.9 Å². The van der Waals surface area contributed by atoms with Crippen molar-refractivity contribution < 1.29 is 0 Å². The lowest BCUT2D eigenvalue weighted by Crippen LogP contribution is -2.24. The summed E-state index contributed by atoms with van der Waals surface area (Å²) in [6.07, 6.45) is 5.69. The first-order chi connectivity index (χ1) is 7.75. The SMILES string of the molecule is C[C@@H](NCC1CCCC1)c1cccc(Br)c1. The number of rotatable bonds is 4.